The number of anilines is 1. The molecule has 0 saturated carbocycles. The second kappa shape index (κ2) is 6.65. The maximum Gasteiger partial charge on any atom is 0.405 e. The van der Waals surface area contributed by atoms with Gasteiger partial charge in [0.2, 0.25) is 11.7 Å². The minimum atomic E-state index is -4.47. The predicted molar refractivity (Wildman–Crippen MR) is 78.6 cm³/mol. The fourth-order valence-corrected chi connectivity index (χ4v) is 2.92. The van der Waals surface area contributed by atoms with Crippen LogP contribution in [0.25, 0.3) is 0 Å². The van der Waals surface area contributed by atoms with Crippen LogP contribution < -0.4 is 10.2 Å². The number of carbonyl (C=O) groups excluding carboxylic acids is 1. The van der Waals surface area contributed by atoms with Gasteiger partial charge in [0.1, 0.15) is 12.2 Å². The molecule has 1 saturated heterocycles. The summed E-state index contributed by atoms with van der Waals surface area (Å²) in [4.78, 5) is 24.3. The zero-order chi connectivity index (χ0) is 18.1. The van der Waals surface area contributed by atoms with Gasteiger partial charge in [-0.3, -0.25) is 14.9 Å². The summed E-state index contributed by atoms with van der Waals surface area (Å²) in [6.07, 6.45) is -3.49. The second-order valence-corrected chi connectivity index (χ2v) is 5.76. The molecule has 0 aromatic carbocycles. The van der Waals surface area contributed by atoms with Crippen LogP contribution in [0, 0.1) is 23.0 Å². The Morgan fingerprint density at radius 3 is 2.75 bits per heavy atom. The Morgan fingerprint density at radius 2 is 2.17 bits per heavy atom. The van der Waals surface area contributed by atoms with E-state index in [0.717, 1.165) is 0 Å². The van der Waals surface area contributed by atoms with Crippen LogP contribution in [-0.2, 0) is 11.8 Å². The monoisotopic (exact) mass is 349 g/mol. The van der Waals surface area contributed by atoms with Gasteiger partial charge in [-0.25, -0.2) is 4.68 Å². The van der Waals surface area contributed by atoms with Crippen molar-refractivity contribution in [2.24, 2.45) is 13.0 Å². The van der Waals surface area contributed by atoms with E-state index in [9.17, 15) is 28.1 Å². The highest BCUT2D eigenvalue weighted by molar-refractivity contribution is 5.79. The fourth-order valence-electron chi connectivity index (χ4n) is 2.92. The molecule has 24 heavy (non-hydrogen) atoms. The van der Waals surface area contributed by atoms with E-state index in [2.05, 4.69) is 5.10 Å². The van der Waals surface area contributed by atoms with Gasteiger partial charge in [-0.1, -0.05) is 0 Å². The Labute approximate surface area is 135 Å². The summed E-state index contributed by atoms with van der Waals surface area (Å²) in [5.74, 6) is -1.08. The number of nitrogens with zero attached hydrogens (tertiary/aromatic N) is 4. The summed E-state index contributed by atoms with van der Waals surface area (Å²) in [6.45, 7) is 0.721. The third-order valence-corrected chi connectivity index (χ3v) is 3.90. The summed E-state index contributed by atoms with van der Waals surface area (Å²) in [7, 11) is 1.56. The Morgan fingerprint density at radius 1 is 1.50 bits per heavy atom. The molecule has 0 aliphatic carbocycles. The number of amides is 1. The predicted octanol–water partition coefficient (Wildman–Crippen LogP) is 1.53. The second-order valence-electron chi connectivity index (χ2n) is 5.76. The van der Waals surface area contributed by atoms with Crippen molar-refractivity contribution in [3.8, 4) is 0 Å². The van der Waals surface area contributed by atoms with Crippen molar-refractivity contribution in [3.63, 3.8) is 0 Å². The topological polar surface area (TPSA) is 93.3 Å². The smallest absolute Gasteiger partial charge is 0.350 e. The molecule has 0 bridgehead atoms. The lowest BCUT2D eigenvalue weighted by molar-refractivity contribution is -0.384. The molecule has 1 aromatic rings. The summed E-state index contributed by atoms with van der Waals surface area (Å²) >= 11 is 0. The summed E-state index contributed by atoms with van der Waals surface area (Å²) in [5.41, 5.74) is 0.106. The minimum absolute atomic E-state index is 0.115. The first-order chi connectivity index (χ1) is 11.1. The number of rotatable bonds is 4. The molecular formula is C13H18F3N5O3. The van der Waals surface area contributed by atoms with Crippen LogP contribution in [0.15, 0.2) is 0 Å². The molecule has 0 radical (unpaired) electrons. The lowest BCUT2D eigenvalue weighted by Crippen LogP contribution is -2.45. The first-order valence-corrected chi connectivity index (χ1v) is 7.37. The van der Waals surface area contributed by atoms with Gasteiger partial charge in [-0.15, -0.1) is 0 Å². The molecule has 2 rings (SSSR count). The number of piperidine rings is 1. The Kier molecular flexibility index (Phi) is 4.99. The SMILES string of the molecule is Cc1nn(C)c(N2CCCC(C(=O)NCC(F)(F)F)C2)c1[N+](=O)[O-]. The van der Waals surface area contributed by atoms with E-state index in [4.69, 9.17) is 0 Å². The summed E-state index contributed by atoms with van der Waals surface area (Å²) in [5, 5.41) is 17.2. The molecule has 1 aliphatic rings. The van der Waals surface area contributed by atoms with Crippen LogP contribution in [0.2, 0.25) is 0 Å². The van der Waals surface area contributed by atoms with Crippen LogP contribution in [0.4, 0.5) is 24.7 Å². The molecule has 1 amide bonds. The van der Waals surface area contributed by atoms with Crippen LogP contribution in [0.5, 0.6) is 0 Å². The molecule has 1 fully saturated rings. The van der Waals surface area contributed by atoms with Gasteiger partial charge in [0, 0.05) is 20.1 Å². The number of nitrogens with one attached hydrogen (secondary N) is 1. The Hall–Kier alpha value is -2.33. The average Bonchev–Trinajstić information content (AvgIpc) is 2.78. The number of aromatic nitrogens is 2. The zero-order valence-electron chi connectivity index (χ0n) is 13.3. The minimum Gasteiger partial charge on any atom is -0.350 e. The number of nitro groups is 1. The molecule has 0 spiro atoms. The normalized spacial score (nSPS) is 18.5. The maximum absolute atomic E-state index is 12.2. The average molecular weight is 349 g/mol. The maximum atomic E-state index is 12.2. The fraction of sp³-hybridized carbons (Fsp3) is 0.692. The van der Waals surface area contributed by atoms with E-state index in [1.807, 2.05) is 5.32 Å². The van der Waals surface area contributed by atoms with Gasteiger partial charge in [0.05, 0.1) is 10.8 Å². The van der Waals surface area contributed by atoms with Crippen molar-refractivity contribution >= 4 is 17.4 Å². The van der Waals surface area contributed by atoms with E-state index in [1.54, 1.807) is 11.9 Å². The molecule has 1 N–H and O–H groups in total. The third kappa shape index (κ3) is 3.95. The molecule has 8 nitrogen and oxygen atoms in total. The van der Waals surface area contributed by atoms with Gasteiger partial charge < -0.3 is 10.2 Å². The Balaban J connectivity index is 2.14. The highest BCUT2D eigenvalue weighted by Gasteiger charge is 2.35. The van der Waals surface area contributed by atoms with Crippen LogP contribution in [0.1, 0.15) is 18.5 Å². The van der Waals surface area contributed by atoms with Crippen LogP contribution in [-0.4, -0.2) is 46.4 Å². The van der Waals surface area contributed by atoms with E-state index in [-0.39, 0.29) is 23.7 Å². The molecule has 1 atom stereocenters. The molecular weight excluding hydrogens is 331 g/mol. The highest BCUT2D eigenvalue weighted by atomic mass is 19.4. The number of aryl methyl sites for hydroxylation is 2. The van der Waals surface area contributed by atoms with Gasteiger partial charge in [0.25, 0.3) is 0 Å². The van der Waals surface area contributed by atoms with Gasteiger partial charge in [-0.2, -0.15) is 18.3 Å². The molecule has 1 aromatic heterocycles. The number of hydrogen-bond donors (Lipinski definition) is 1. The van der Waals surface area contributed by atoms with Crippen molar-refractivity contribution in [1.29, 1.82) is 0 Å². The van der Waals surface area contributed by atoms with Crippen molar-refractivity contribution < 1.29 is 22.9 Å². The van der Waals surface area contributed by atoms with E-state index >= 15 is 0 Å². The van der Waals surface area contributed by atoms with Crippen LogP contribution >= 0.6 is 0 Å². The van der Waals surface area contributed by atoms with Crippen molar-refractivity contribution in [2.45, 2.75) is 25.9 Å². The van der Waals surface area contributed by atoms with E-state index in [1.165, 1.54) is 11.6 Å². The van der Waals surface area contributed by atoms with Gasteiger partial charge >= 0.3 is 11.9 Å². The quantitative estimate of drug-likeness (QED) is 0.657. The van der Waals surface area contributed by atoms with E-state index < -0.39 is 29.5 Å². The molecule has 1 aliphatic heterocycles. The number of halogens is 3. The third-order valence-electron chi connectivity index (χ3n) is 3.90. The number of hydrogen-bond acceptors (Lipinski definition) is 5. The van der Waals surface area contributed by atoms with Crippen LogP contribution in [0.3, 0.4) is 0 Å². The number of alkyl halides is 3. The molecule has 11 heteroatoms. The lowest BCUT2D eigenvalue weighted by atomic mass is 9.97. The number of carbonyl (C=O) groups is 1. The van der Waals surface area contributed by atoms with Crippen molar-refractivity contribution in [1.82, 2.24) is 15.1 Å². The zero-order valence-corrected chi connectivity index (χ0v) is 13.3. The van der Waals surface area contributed by atoms with Crippen molar-refractivity contribution in [3.05, 3.63) is 15.8 Å². The highest BCUT2D eigenvalue weighted by Crippen LogP contribution is 2.33. The van der Waals surface area contributed by atoms with Crippen molar-refractivity contribution in [2.75, 3.05) is 24.5 Å². The first-order valence-electron chi connectivity index (χ1n) is 7.37. The Bertz CT molecular complexity index is 644. The largest absolute Gasteiger partial charge is 0.405 e. The van der Waals surface area contributed by atoms with Gasteiger partial charge in [0.15, 0.2) is 0 Å². The lowest BCUT2D eigenvalue weighted by Gasteiger charge is -2.32. The summed E-state index contributed by atoms with van der Waals surface area (Å²) < 4.78 is 38.0. The first kappa shape index (κ1) is 18.0. The standard InChI is InChI=1S/C13H18F3N5O3/c1-8-10(21(23)24)12(19(2)18-8)20-5-3-4-9(6-20)11(22)17-7-13(14,15)16/h9H,3-7H2,1-2H3,(H,17,22). The van der Waals surface area contributed by atoms with Gasteiger partial charge in [-0.05, 0) is 19.8 Å². The van der Waals surface area contributed by atoms with E-state index in [0.29, 0.717) is 19.4 Å². The molecule has 2 heterocycles. The summed E-state index contributed by atoms with van der Waals surface area (Å²) in [6, 6.07) is 0. The molecule has 1 unspecified atom stereocenters. The molecule has 134 valence electrons.